The maximum atomic E-state index is 12.6. The molecular formula is C42H30N6NaO8S4+. The Labute approximate surface area is 377 Å². The van der Waals surface area contributed by atoms with E-state index < -0.39 is 30.0 Å². The molecule has 10 aromatic rings. The normalized spacial score (nSPS) is 12.3. The molecule has 0 aliphatic heterocycles. The van der Waals surface area contributed by atoms with Gasteiger partial charge in [0.1, 0.15) is 42.6 Å². The van der Waals surface area contributed by atoms with E-state index in [9.17, 15) is 25.9 Å². The molecule has 0 spiro atoms. The molecule has 4 heterocycles. The van der Waals surface area contributed by atoms with Crippen LogP contribution in [0.5, 0.6) is 0 Å². The number of rotatable bonds is 10. The molecule has 6 aromatic carbocycles. The van der Waals surface area contributed by atoms with Crippen molar-refractivity contribution in [2.24, 2.45) is 0 Å². The van der Waals surface area contributed by atoms with Crippen molar-refractivity contribution in [1.82, 2.24) is 29.4 Å². The number of hydrogen-bond acceptors (Lipinski definition) is 10. The van der Waals surface area contributed by atoms with E-state index in [4.69, 9.17) is 19.2 Å². The van der Waals surface area contributed by atoms with Gasteiger partial charge in [0, 0.05) is 11.1 Å². The molecule has 0 bridgehead atoms. The summed E-state index contributed by atoms with van der Waals surface area (Å²) in [6.07, 6.45) is 2.65. The summed E-state index contributed by atoms with van der Waals surface area (Å²) in [6.45, 7) is 4.08. The summed E-state index contributed by atoms with van der Waals surface area (Å²) in [5.74, 6) is 0. The van der Waals surface area contributed by atoms with Crippen molar-refractivity contribution in [3.05, 3.63) is 144 Å². The molecule has 4 aromatic heterocycles. The Kier molecular flexibility index (Phi) is 10.3. The van der Waals surface area contributed by atoms with Crippen LogP contribution in [0.2, 0.25) is 0 Å². The molecule has 0 fully saturated rings. The van der Waals surface area contributed by atoms with Crippen LogP contribution in [0.3, 0.4) is 0 Å². The molecule has 0 unspecified atom stereocenters. The predicted molar refractivity (Wildman–Crippen MR) is 230 cm³/mol. The quantitative estimate of drug-likeness (QED) is 0.0836. The summed E-state index contributed by atoms with van der Waals surface area (Å²) < 4.78 is 84.2. The second-order valence-electron chi connectivity index (χ2n) is 14.1. The van der Waals surface area contributed by atoms with Gasteiger partial charge in [-0.15, -0.1) is 22.7 Å². The second kappa shape index (κ2) is 15.4. The number of aryl methyl sites for hydroxylation is 2. The minimum Gasteiger partial charge on any atom is -0.282 e. The molecule has 0 aliphatic rings. The largest absolute Gasteiger partial charge is 1.00 e. The van der Waals surface area contributed by atoms with Crippen LogP contribution in [0.4, 0.5) is 0 Å². The first-order valence-electron chi connectivity index (χ1n) is 18.2. The summed E-state index contributed by atoms with van der Waals surface area (Å²) >= 11 is 3.20. The first-order chi connectivity index (χ1) is 28.7. The van der Waals surface area contributed by atoms with E-state index in [1.54, 1.807) is 34.8 Å². The van der Waals surface area contributed by atoms with Crippen LogP contribution in [0, 0.1) is 13.8 Å². The first-order valence-corrected chi connectivity index (χ1v) is 22.7. The van der Waals surface area contributed by atoms with E-state index in [0.717, 1.165) is 52.7 Å². The van der Waals surface area contributed by atoms with Crippen molar-refractivity contribution < 1.29 is 64.8 Å². The molecule has 19 heteroatoms. The molecule has 300 valence electrons. The van der Waals surface area contributed by atoms with E-state index in [2.05, 4.69) is 12.1 Å². The number of benzene rings is 6. The van der Waals surface area contributed by atoms with Gasteiger partial charge in [-0.05, 0) is 133 Å². The second-order valence-corrected chi connectivity index (χ2v) is 18.9. The van der Waals surface area contributed by atoms with Gasteiger partial charge < -0.3 is 0 Å². The van der Waals surface area contributed by atoms with Crippen molar-refractivity contribution in [3.63, 3.8) is 0 Å². The Morgan fingerprint density at radius 3 is 1.25 bits per heavy atom. The average molecular weight is 898 g/mol. The monoisotopic (exact) mass is 897 g/mol. The van der Waals surface area contributed by atoms with Gasteiger partial charge in [0.2, 0.25) is 0 Å². The molecule has 0 saturated heterocycles. The Balaban J connectivity index is 0.00000476. The molecule has 0 radical (unpaired) electrons. The van der Waals surface area contributed by atoms with Crippen LogP contribution >= 0.6 is 22.7 Å². The zero-order chi connectivity index (χ0) is 41.5. The Bertz CT molecular complexity index is 3290. The maximum Gasteiger partial charge on any atom is 1.00 e. The fourth-order valence-electron chi connectivity index (χ4n) is 6.68. The van der Waals surface area contributed by atoms with Crippen molar-refractivity contribution in [2.45, 2.75) is 23.6 Å². The molecule has 0 saturated carbocycles. The van der Waals surface area contributed by atoms with Crippen molar-refractivity contribution in [1.29, 1.82) is 0 Å². The molecule has 61 heavy (non-hydrogen) atoms. The third-order valence-electron chi connectivity index (χ3n) is 9.78. The van der Waals surface area contributed by atoms with E-state index in [0.29, 0.717) is 22.7 Å². The van der Waals surface area contributed by atoms with Crippen LogP contribution in [0.15, 0.2) is 140 Å². The third-order valence-corrected chi connectivity index (χ3v) is 13.7. The molecule has 2 N–H and O–H groups in total. The van der Waals surface area contributed by atoms with Gasteiger partial charge in [0.15, 0.2) is 0 Å². The van der Waals surface area contributed by atoms with Crippen molar-refractivity contribution in [3.8, 4) is 43.9 Å². The summed E-state index contributed by atoms with van der Waals surface area (Å²) in [4.78, 5) is 14.2. The van der Waals surface area contributed by atoms with Crippen LogP contribution < -0.4 is 29.6 Å². The van der Waals surface area contributed by atoms with Gasteiger partial charge in [-0.3, -0.25) is 9.11 Å². The van der Waals surface area contributed by atoms with E-state index >= 15 is 0 Å². The summed E-state index contributed by atoms with van der Waals surface area (Å²) in [5.41, 5.74) is 8.10. The summed E-state index contributed by atoms with van der Waals surface area (Å²) in [6, 6.07) is 35.8. The minimum atomic E-state index is -4.76. The number of thiazole rings is 2. The van der Waals surface area contributed by atoms with Gasteiger partial charge in [0.05, 0.1) is 20.4 Å². The summed E-state index contributed by atoms with van der Waals surface area (Å²) in [7, 11) is -9.53. The van der Waals surface area contributed by atoms with Crippen molar-refractivity contribution >= 4 is 75.5 Å². The third kappa shape index (κ3) is 8.17. The number of aromatic nitrogens is 6. The van der Waals surface area contributed by atoms with E-state index in [-0.39, 0.29) is 40.7 Å². The minimum absolute atomic E-state index is 0. The van der Waals surface area contributed by atoms with Gasteiger partial charge >= 0.3 is 29.6 Å². The molecule has 0 aliphatic carbocycles. The van der Waals surface area contributed by atoms with Gasteiger partial charge in [-0.25, -0.2) is 19.2 Å². The predicted octanol–water partition coefficient (Wildman–Crippen LogP) is 6.87. The SMILES string of the molecule is Cc1ccc2nc(-c3ccc(-n4on4-c4ccc(/C=C/c5ccc(-n6on6-c6ccc(-c7nc8ccc(C)cc8s7)cc6)cc5S(=O)(=O)O)c(S(=O)(=O)O)c4)cc3)sc2c1.[Na+]. The zero-order valence-corrected chi connectivity index (χ0v) is 37.6. The van der Waals surface area contributed by atoms with Crippen LogP contribution in [-0.4, -0.2) is 55.3 Å². The van der Waals surface area contributed by atoms with Crippen molar-refractivity contribution in [2.75, 3.05) is 0 Å². The van der Waals surface area contributed by atoms with E-state index in [1.165, 1.54) is 55.8 Å². The topological polar surface area (TPSA) is 181 Å². The van der Waals surface area contributed by atoms with Gasteiger partial charge in [-0.2, -0.15) is 16.8 Å². The average Bonchev–Trinajstić information content (AvgIpc) is 4.12. The maximum absolute atomic E-state index is 12.6. The Morgan fingerprint density at radius 1 is 0.508 bits per heavy atom. The van der Waals surface area contributed by atoms with Gasteiger partial charge in [-0.1, -0.05) is 55.8 Å². The molecule has 0 amide bonds. The Hall–Kier alpha value is -5.54. The van der Waals surface area contributed by atoms with Crippen LogP contribution in [0.1, 0.15) is 22.3 Å². The fourth-order valence-corrected chi connectivity index (χ4v) is 10.2. The summed E-state index contributed by atoms with van der Waals surface area (Å²) in [5, 5.41) is 1.75. The molecule has 14 nitrogen and oxygen atoms in total. The molecule has 10 rings (SSSR count). The first kappa shape index (κ1) is 40.8. The Morgan fingerprint density at radius 2 is 0.869 bits per heavy atom. The standard InChI is InChI=1S/C42H30N6O8S4.Na/c1-25-3-19-35-37(21-25)57-41(43-35)29-9-13-31(14-10-29)45-47(55-45)33-17-7-27(39(23-33)59(49,50)51)5-6-28-8-18-34(24-40(28)60(52,53)54)48-46(56-48)32-15-11-30(12-16-32)42-44-36-20-4-26(2)22-38(36)58-42;/h3-24H,1-2H3,(H,49,50,51)(H,52,53,54);/q;+1/b6-5+;. The number of fused-ring (bicyclic) bond motifs is 2. The number of hydrogen-bond donors (Lipinski definition) is 2. The smallest absolute Gasteiger partial charge is 0.282 e. The van der Waals surface area contributed by atoms with Crippen LogP contribution in [0.25, 0.3) is 76.5 Å². The van der Waals surface area contributed by atoms with Gasteiger partial charge in [0.25, 0.3) is 20.2 Å². The fraction of sp³-hybridized carbons (Fsp3) is 0.0476. The molecule has 0 atom stereocenters. The zero-order valence-electron chi connectivity index (χ0n) is 32.4. The molecular weight excluding hydrogens is 868 g/mol. The number of nitrogens with zero attached hydrogens (tertiary/aromatic N) is 6. The van der Waals surface area contributed by atoms with Crippen LogP contribution in [-0.2, 0) is 20.2 Å². The van der Waals surface area contributed by atoms with E-state index in [1.807, 2.05) is 86.6 Å².